The van der Waals surface area contributed by atoms with Gasteiger partial charge in [-0.25, -0.2) is 13.8 Å². The number of carbonyl (C=O) groups is 2. The van der Waals surface area contributed by atoms with Crippen LogP contribution in [0.2, 0.25) is 0 Å². The average Bonchev–Trinajstić information content (AvgIpc) is 3.18. The van der Waals surface area contributed by atoms with Crippen molar-refractivity contribution in [2.75, 3.05) is 19.7 Å². The Labute approximate surface area is 191 Å². The molecule has 9 nitrogen and oxygen atoms in total. The zero-order valence-electron chi connectivity index (χ0n) is 18.3. The maximum absolute atomic E-state index is 13.1. The summed E-state index contributed by atoms with van der Waals surface area (Å²) in [4.78, 5) is 31.5. The lowest BCUT2D eigenvalue weighted by atomic mass is 10.2. The molecule has 182 valence electrons. The van der Waals surface area contributed by atoms with Gasteiger partial charge in [0.15, 0.2) is 6.61 Å². The molecule has 3 heterocycles. The number of pyridine rings is 2. The molecular weight excluding hydrogens is 460 g/mol. The molecule has 0 spiro atoms. The SMILES string of the molecule is CC(=O)NCCNC(=O)c1nccc2nn(Cc3cnc(OCC(F)(F)C(F)F)c(C)c3)cc12. The lowest BCUT2D eigenvalue weighted by molar-refractivity contribution is -0.148. The van der Waals surface area contributed by atoms with Gasteiger partial charge in [-0.2, -0.15) is 13.9 Å². The smallest absolute Gasteiger partial charge is 0.340 e. The highest BCUT2D eigenvalue weighted by Crippen LogP contribution is 2.25. The minimum atomic E-state index is -4.27. The van der Waals surface area contributed by atoms with Crippen LogP contribution in [0.4, 0.5) is 17.6 Å². The van der Waals surface area contributed by atoms with Crippen molar-refractivity contribution in [2.45, 2.75) is 32.7 Å². The molecule has 2 amide bonds. The van der Waals surface area contributed by atoms with E-state index in [1.54, 1.807) is 29.9 Å². The molecule has 0 saturated carbocycles. The van der Waals surface area contributed by atoms with Gasteiger partial charge in [0.1, 0.15) is 5.69 Å². The Balaban J connectivity index is 1.69. The van der Waals surface area contributed by atoms with Crippen molar-refractivity contribution in [3.8, 4) is 5.88 Å². The molecule has 0 saturated heterocycles. The van der Waals surface area contributed by atoms with Crippen molar-refractivity contribution < 1.29 is 31.9 Å². The molecule has 0 unspecified atom stereocenters. The third-order valence-corrected chi connectivity index (χ3v) is 4.63. The Hall–Kier alpha value is -3.77. The highest BCUT2D eigenvalue weighted by molar-refractivity contribution is 6.04. The lowest BCUT2D eigenvalue weighted by Crippen LogP contribution is -2.34. The van der Waals surface area contributed by atoms with Crippen molar-refractivity contribution in [1.82, 2.24) is 30.4 Å². The summed E-state index contributed by atoms with van der Waals surface area (Å²) < 4.78 is 57.1. The molecule has 3 aromatic rings. The number of fused-ring (bicyclic) bond motifs is 1. The van der Waals surface area contributed by atoms with Gasteiger partial charge in [0.25, 0.3) is 5.91 Å². The number of amides is 2. The highest BCUT2D eigenvalue weighted by Gasteiger charge is 2.42. The van der Waals surface area contributed by atoms with Crippen molar-refractivity contribution in [3.63, 3.8) is 0 Å². The molecule has 0 atom stereocenters. The molecule has 0 aromatic carbocycles. The van der Waals surface area contributed by atoms with Crippen molar-refractivity contribution >= 4 is 22.7 Å². The second kappa shape index (κ2) is 10.4. The van der Waals surface area contributed by atoms with Crippen LogP contribution in [-0.4, -0.2) is 63.6 Å². The third kappa shape index (κ3) is 6.17. The van der Waals surface area contributed by atoms with Gasteiger partial charge in [0.05, 0.1) is 17.4 Å². The number of nitrogens with zero attached hydrogens (tertiary/aromatic N) is 4. The van der Waals surface area contributed by atoms with E-state index in [0.717, 1.165) is 0 Å². The first-order valence-corrected chi connectivity index (χ1v) is 10.2. The average molecular weight is 482 g/mol. The molecule has 3 rings (SSSR count). The van der Waals surface area contributed by atoms with Crippen LogP contribution in [0.15, 0.2) is 30.7 Å². The largest absolute Gasteiger partial charge is 0.471 e. The number of ether oxygens (including phenoxy) is 1. The van der Waals surface area contributed by atoms with Gasteiger partial charge >= 0.3 is 12.3 Å². The van der Waals surface area contributed by atoms with E-state index in [2.05, 4.69) is 25.7 Å². The van der Waals surface area contributed by atoms with Gasteiger partial charge < -0.3 is 15.4 Å². The zero-order valence-corrected chi connectivity index (χ0v) is 18.3. The van der Waals surface area contributed by atoms with Gasteiger partial charge in [-0.1, -0.05) is 0 Å². The number of carbonyl (C=O) groups excluding carboxylic acids is 2. The fraction of sp³-hybridized carbons (Fsp3) is 0.381. The number of aromatic nitrogens is 4. The van der Waals surface area contributed by atoms with E-state index >= 15 is 0 Å². The summed E-state index contributed by atoms with van der Waals surface area (Å²) in [6.45, 7) is 2.20. The van der Waals surface area contributed by atoms with Crippen molar-refractivity contribution in [2.24, 2.45) is 0 Å². The summed E-state index contributed by atoms with van der Waals surface area (Å²) in [7, 11) is 0. The maximum Gasteiger partial charge on any atom is 0.340 e. The second-order valence-electron chi connectivity index (χ2n) is 7.47. The predicted octanol–water partition coefficient (Wildman–Crippen LogP) is 2.33. The summed E-state index contributed by atoms with van der Waals surface area (Å²) in [5.74, 6) is -5.07. The molecule has 0 aliphatic carbocycles. The van der Waals surface area contributed by atoms with E-state index in [1.807, 2.05) is 0 Å². The molecule has 13 heteroatoms. The summed E-state index contributed by atoms with van der Waals surface area (Å²) >= 11 is 0. The number of alkyl halides is 4. The molecule has 0 radical (unpaired) electrons. The molecule has 2 N–H and O–H groups in total. The topological polar surface area (TPSA) is 111 Å². The first-order valence-electron chi connectivity index (χ1n) is 10.2. The minimum absolute atomic E-state index is 0.169. The number of hydrogen-bond donors (Lipinski definition) is 2. The van der Waals surface area contributed by atoms with Crippen molar-refractivity contribution in [3.05, 3.63) is 47.5 Å². The van der Waals surface area contributed by atoms with E-state index in [-0.39, 0.29) is 37.1 Å². The summed E-state index contributed by atoms with van der Waals surface area (Å²) in [6.07, 6.45) is 0.617. The van der Waals surface area contributed by atoms with E-state index < -0.39 is 24.9 Å². The fourth-order valence-corrected chi connectivity index (χ4v) is 3.03. The highest BCUT2D eigenvalue weighted by atomic mass is 19.3. The first-order chi connectivity index (χ1) is 16.1. The molecule has 34 heavy (non-hydrogen) atoms. The van der Waals surface area contributed by atoms with Crippen LogP contribution in [0.1, 0.15) is 28.5 Å². The van der Waals surface area contributed by atoms with Gasteiger partial charge in [-0.3, -0.25) is 19.3 Å². The van der Waals surface area contributed by atoms with Gasteiger partial charge in [-0.15, -0.1) is 0 Å². The van der Waals surface area contributed by atoms with Crippen LogP contribution < -0.4 is 15.4 Å². The Morgan fingerprint density at radius 1 is 1.21 bits per heavy atom. The van der Waals surface area contributed by atoms with Crippen LogP contribution >= 0.6 is 0 Å². The quantitative estimate of drug-likeness (QED) is 0.339. The van der Waals surface area contributed by atoms with Crippen LogP contribution in [0.5, 0.6) is 5.88 Å². The second-order valence-corrected chi connectivity index (χ2v) is 7.47. The van der Waals surface area contributed by atoms with Gasteiger partial charge in [0.2, 0.25) is 11.8 Å². The zero-order chi connectivity index (χ0) is 24.9. The molecular formula is C21H22F4N6O3. The molecule has 3 aromatic heterocycles. The normalized spacial score (nSPS) is 11.6. The monoisotopic (exact) mass is 482 g/mol. The van der Waals surface area contributed by atoms with Crippen LogP contribution in [-0.2, 0) is 11.3 Å². The predicted molar refractivity (Wildman–Crippen MR) is 113 cm³/mol. The number of nitrogens with one attached hydrogen (secondary N) is 2. The first kappa shape index (κ1) is 24.9. The Bertz CT molecular complexity index is 1180. The van der Waals surface area contributed by atoms with E-state index in [9.17, 15) is 27.2 Å². The number of aryl methyl sites for hydroxylation is 1. The van der Waals surface area contributed by atoms with Crippen LogP contribution in [0.25, 0.3) is 10.9 Å². The lowest BCUT2D eigenvalue weighted by Gasteiger charge is -2.16. The Morgan fingerprint density at radius 3 is 2.62 bits per heavy atom. The molecule has 0 fully saturated rings. The minimum Gasteiger partial charge on any atom is -0.471 e. The Morgan fingerprint density at radius 2 is 1.94 bits per heavy atom. The summed E-state index contributed by atoms with van der Waals surface area (Å²) in [5, 5.41) is 10.2. The molecule has 0 aliphatic rings. The van der Waals surface area contributed by atoms with Crippen LogP contribution in [0, 0.1) is 6.92 Å². The Kier molecular flexibility index (Phi) is 7.64. The summed E-state index contributed by atoms with van der Waals surface area (Å²) in [6, 6.07) is 3.26. The van der Waals surface area contributed by atoms with E-state index in [1.165, 1.54) is 19.3 Å². The maximum atomic E-state index is 13.1. The standard InChI is InChI=1S/C21H22F4N6O3/c1-12-7-14(8-29-19(12)34-11-21(24,25)20(22)23)9-31-10-15-16(30-31)3-4-27-17(15)18(33)28-6-5-26-13(2)32/h3-4,7-8,10,20H,5-6,9,11H2,1-2H3,(H,26,32)(H,28,33). The molecule has 0 aliphatic heterocycles. The van der Waals surface area contributed by atoms with Crippen LogP contribution in [0.3, 0.4) is 0 Å². The summed E-state index contributed by atoms with van der Waals surface area (Å²) in [5.41, 5.74) is 1.73. The number of hydrogen-bond acceptors (Lipinski definition) is 6. The van der Waals surface area contributed by atoms with Gasteiger partial charge in [0, 0.05) is 44.2 Å². The number of rotatable bonds is 10. The number of halogens is 4. The van der Waals surface area contributed by atoms with E-state index in [4.69, 9.17) is 4.74 Å². The fourth-order valence-electron chi connectivity index (χ4n) is 3.03. The molecule has 0 bridgehead atoms. The van der Waals surface area contributed by atoms with Crippen molar-refractivity contribution in [1.29, 1.82) is 0 Å². The third-order valence-electron chi connectivity index (χ3n) is 4.63. The van der Waals surface area contributed by atoms with Gasteiger partial charge in [-0.05, 0) is 24.6 Å². The van der Waals surface area contributed by atoms with E-state index in [0.29, 0.717) is 22.0 Å².